The Balaban J connectivity index is 2.08. The van der Waals surface area contributed by atoms with Gasteiger partial charge in [0, 0.05) is 6.04 Å². The lowest BCUT2D eigenvalue weighted by atomic mass is 9.87. The van der Waals surface area contributed by atoms with Gasteiger partial charge < -0.3 is 10.3 Å². The van der Waals surface area contributed by atoms with E-state index in [9.17, 15) is 0 Å². The van der Waals surface area contributed by atoms with Crippen LogP contribution in [0.1, 0.15) is 44.2 Å². The number of rotatable bonds is 1. The summed E-state index contributed by atoms with van der Waals surface area (Å²) < 4.78 is 2.27. The molecule has 2 aromatic rings. The molecule has 0 spiro atoms. The minimum atomic E-state index is 0.535. The largest absolute Gasteiger partial charge is 0.369 e. The molecule has 3 heteroatoms. The average Bonchev–Trinajstić information content (AvgIpc) is 2.68. The van der Waals surface area contributed by atoms with Gasteiger partial charge in [-0.1, -0.05) is 19.1 Å². The summed E-state index contributed by atoms with van der Waals surface area (Å²) in [6.45, 7) is 4.49. The second-order valence-electron chi connectivity index (χ2n) is 5.70. The van der Waals surface area contributed by atoms with Crippen molar-refractivity contribution in [2.45, 2.75) is 45.6 Å². The van der Waals surface area contributed by atoms with Crippen LogP contribution in [0.3, 0.4) is 0 Å². The summed E-state index contributed by atoms with van der Waals surface area (Å²) in [6.07, 6.45) is 5.06. The number of aryl methyl sites for hydroxylation is 1. The Morgan fingerprint density at radius 1 is 1.22 bits per heavy atom. The molecule has 0 radical (unpaired) electrons. The maximum atomic E-state index is 6.14. The van der Waals surface area contributed by atoms with Gasteiger partial charge >= 0.3 is 0 Å². The number of nitrogen functional groups attached to an aromatic ring is 1. The summed E-state index contributed by atoms with van der Waals surface area (Å²) in [4.78, 5) is 4.51. The smallest absolute Gasteiger partial charge is 0.201 e. The number of nitrogens with zero attached hydrogens (tertiary/aromatic N) is 2. The summed E-state index contributed by atoms with van der Waals surface area (Å²) in [6, 6.07) is 6.79. The number of nitrogens with two attached hydrogens (primary N) is 1. The molecule has 3 rings (SSSR count). The van der Waals surface area contributed by atoms with Crippen molar-refractivity contribution in [3.63, 3.8) is 0 Å². The predicted molar refractivity (Wildman–Crippen MR) is 75.6 cm³/mol. The summed E-state index contributed by atoms with van der Waals surface area (Å²) in [5.41, 5.74) is 9.68. The minimum absolute atomic E-state index is 0.535. The summed E-state index contributed by atoms with van der Waals surface area (Å²) in [5, 5.41) is 0. The number of para-hydroxylation sites is 1. The van der Waals surface area contributed by atoms with Gasteiger partial charge in [-0.3, -0.25) is 0 Å². The number of hydrogen-bond donors (Lipinski definition) is 1. The molecule has 18 heavy (non-hydrogen) atoms. The molecule has 3 nitrogen and oxygen atoms in total. The number of hydrogen-bond acceptors (Lipinski definition) is 2. The molecule has 2 N–H and O–H groups in total. The molecule has 1 saturated carbocycles. The van der Waals surface area contributed by atoms with Gasteiger partial charge in [0.2, 0.25) is 5.95 Å². The highest BCUT2D eigenvalue weighted by Crippen LogP contribution is 2.36. The van der Waals surface area contributed by atoms with Crippen molar-refractivity contribution in [1.82, 2.24) is 9.55 Å². The molecule has 96 valence electrons. The number of imidazole rings is 1. The Labute approximate surface area is 108 Å². The third-order valence-corrected chi connectivity index (χ3v) is 4.29. The van der Waals surface area contributed by atoms with Gasteiger partial charge in [0.1, 0.15) is 0 Å². The third-order valence-electron chi connectivity index (χ3n) is 4.29. The van der Waals surface area contributed by atoms with E-state index in [1.807, 2.05) is 0 Å². The average molecular weight is 243 g/mol. The van der Waals surface area contributed by atoms with Crippen molar-refractivity contribution in [2.75, 3.05) is 5.73 Å². The summed E-state index contributed by atoms with van der Waals surface area (Å²) >= 11 is 0. The van der Waals surface area contributed by atoms with Crippen LogP contribution < -0.4 is 5.73 Å². The van der Waals surface area contributed by atoms with E-state index >= 15 is 0 Å². The Kier molecular flexibility index (Phi) is 2.77. The van der Waals surface area contributed by atoms with Gasteiger partial charge in [-0.2, -0.15) is 0 Å². The first-order chi connectivity index (χ1) is 8.66. The van der Waals surface area contributed by atoms with Gasteiger partial charge in [-0.25, -0.2) is 4.98 Å². The molecule has 1 fully saturated rings. The van der Waals surface area contributed by atoms with Crippen molar-refractivity contribution in [3.8, 4) is 0 Å². The topological polar surface area (TPSA) is 43.8 Å². The Hall–Kier alpha value is -1.51. The molecule has 1 heterocycles. The molecule has 0 unspecified atom stereocenters. The van der Waals surface area contributed by atoms with Crippen LogP contribution in [-0.4, -0.2) is 9.55 Å². The van der Waals surface area contributed by atoms with E-state index in [-0.39, 0.29) is 0 Å². The van der Waals surface area contributed by atoms with Crippen molar-refractivity contribution in [2.24, 2.45) is 5.92 Å². The number of anilines is 1. The lowest BCUT2D eigenvalue weighted by Crippen LogP contribution is -2.18. The van der Waals surface area contributed by atoms with Gasteiger partial charge in [-0.05, 0) is 50.2 Å². The molecule has 0 saturated heterocycles. The first kappa shape index (κ1) is 11.6. The highest BCUT2D eigenvalue weighted by Gasteiger charge is 2.23. The normalized spacial score (nSPS) is 24.6. The Morgan fingerprint density at radius 2 is 1.94 bits per heavy atom. The van der Waals surface area contributed by atoms with E-state index in [2.05, 4.69) is 41.6 Å². The monoisotopic (exact) mass is 243 g/mol. The second-order valence-corrected chi connectivity index (χ2v) is 5.70. The fraction of sp³-hybridized carbons (Fsp3) is 0.533. The molecule has 0 atom stereocenters. The van der Waals surface area contributed by atoms with Crippen LogP contribution in [0.2, 0.25) is 0 Å². The van der Waals surface area contributed by atoms with Crippen LogP contribution >= 0.6 is 0 Å². The summed E-state index contributed by atoms with van der Waals surface area (Å²) in [5.74, 6) is 1.54. The zero-order valence-electron chi connectivity index (χ0n) is 11.2. The Bertz CT molecular complexity index is 562. The summed E-state index contributed by atoms with van der Waals surface area (Å²) in [7, 11) is 0. The molecular formula is C15H21N3. The fourth-order valence-electron chi connectivity index (χ4n) is 3.21. The van der Waals surface area contributed by atoms with Crippen molar-refractivity contribution in [3.05, 3.63) is 23.8 Å². The second kappa shape index (κ2) is 4.30. The molecule has 1 aromatic heterocycles. The zero-order chi connectivity index (χ0) is 12.7. The first-order valence-corrected chi connectivity index (χ1v) is 6.90. The van der Waals surface area contributed by atoms with Crippen LogP contribution in [0.25, 0.3) is 11.0 Å². The van der Waals surface area contributed by atoms with Crippen LogP contribution in [0, 0.1) is 12.8 Å². The minimum Gasteiger partial charge on any atom is -0.369 e. The lowest BCUT2D eigenvalue weighted by molar-refractivity contribution is 0.296. The van der Waals surface area contributed by atoms with Crippen molar-refractivity contribution in [1.29, 1.82) is 0 Å². The van der Waals surface area contributed by atoms with Crippen LogP contribution in [-0.2, 0) is 0 Å². The van der Waals surface area contributed by atoms with Crippen molar-refractivity contribution >= 4 is 17.0 Å². The first-order valence-electron chi connectivity index (χ1n) is 6.90. The molecular weight excluding hydrogens is 222 g/mol. The highest BCUT2D eigenvalue weighted by atomic mass is 15.2. The van der Waals surface area contributed by atoms with Gasteiger partial charge in [0.15, 0.2) is 0 Å². The van der Waals surface area contributed by atoms with Gasteiger partial charge in [0.25, 0.3) is 0 Å². The zero-order valence-corrected chi connectivity index (χ0v) is 11.2. The molecule has 1 aliphatic carbocycles. The van der Waals surface area contributed by atoms with Crippen LogP contribution in [0.15, 0.2) is 18.2 Å². The third kappa shape index (κ3) is 1.78. The maximum absolute atomic E-state index is 6.14. The number of benzene rings is 1. The lowest BCUT2D eigenvalue weighted by Gasteiger charge is -2.28. The Morgan fingerprint density at radius 3 is 2.67 bits per heavy atom. The SMILES string of the molecule is Cc1cccc2nc(N)n(C3CCC(C)CC3)c12. The molecule has 0 amide bonds. The predicted octanol–water partition coefficient (Wildman–Crippen LogP) is 3.68. The maximum Gasteiger partial charge on any atom is 0.201 e. The molecule has 0 aliphatic heterocycles. The molecule has 1 aliphatic rings. The van der Waals surface area contributed by atoms with E-state index in [0.717, 1.165) is 11.4 Å². The van der Waals surface area contributed by atoms with Crippen LogP contribution in [0.4, 0.5) is 5.95 Å². The van der Waals surface area contributed by atoms with E-state index in [1.54, 1.807) is 0 Å². The van der Waals surface area contributed by atoms with Gasteiger partial charge in [0.05, 0.1) is 11.0 Å². The van der Waals surface area contributed by atoms with Crippen LogP contribution in [0.5, 0.6) is 0 Å². The fourth-order valence-corrected chi connectivity index (χ4v) is 3.21. The molecule has 0 bridgehead atoms. The molecule has 1 aromatic carbocycles. The standard InChI is InChI=1S/C15H21N3/c1-10-6-8-12(9-7-10)18-14-11(2)4-3-5-13(14)17-15(18)16/h3-5,10,12H,6-9H2,1-2H3,(H2,16,17). The quantitative estimate of drug-likeness (QED) is 0.830. The highest BCUT2D eigenvalue weighted by molar-refractivity contribution is 5.81. The van der Waals surface area contributed by atoms with E-state index in [4.69, 9.17) is 5.73 Å². The van der Waals surface area contributed by atoms with E-state index < -0.39 is 0 Å². The number of fused-ring (bicyclic) bond motifs is 1. The van der Waals surface area contributed by atoms with Gasteiger partial charge in [-0.15, -0.1) is 0 Å². The van der Waals surface area contributed by atoms with Crippen molar-refractivity contribution < 1.29 is 0 Å². The van der Waals surface area contributed by atoms with E-state index in [1.165, 1.54) is 36.8 Å². The number of aromatic nitrogens is 2. The van der Waals surface area contributed by atoms with E-state index in [0.29, 0.717) is 12.0 Å².